The highest BCUT2D eigenvalue weighted by molar-refractivity contribution is 5.93. The van der Waals surface area contributed by atoms with Crippen LogP contribution in [0.1, 0.15) is 45.4 Å². The maximum Gasteiger partial charge on any atom is 0.224 e. The Morgan fingerprint density at radius 2 is 2.00 bits per heavy atom. The molecule has 0 atom stereocenters. The molecule has 1 aromatic carbocycles. The van der Waals surface area contributed by atoms with E-state index in [1.165, 1.54) is 12.8 Å². The van der Waals surface area contributed by atoms with E-state index < -0.39 is 0 Å². The van der Waals surface area contributed by atoms with Crippen LogP contribution in [0, 0.1) is 5.92 Å². The van der Waals surface area contributed by atoms with Crippen LogP contribution in [0.25, 0.3) is 0 Å². The lowest BCUT2D eigenvalue weighted by atomic mass is 9.89. The molecule has 1 amide bonds. The van der Waals surface area contributed by atoms with Crippen LogP contribution in [-0.4, -0.2) is 18.6 Å². The molecule has 4 heteroatoms. The molecule has 21 heavy (non-hydrogen) atoms. The molecule has 0 bridgehead atoms. The summed E-state index contributed by atoms with van der Waals surface area (Å²) in [5.74, 6) is 0.834. The lowest BCUT2D eigenvalue weighted by molar-refractivity contribution is -0.116. The number of nitrogens with one attached hydrogen (secondary N) is 1. The van der Waals surface area contributed by atoms with Crippen LogP contribution < -0.4 is 11.1 Å². The van der Waals surface area contributed by atoms with Crippen molar-refractivity contribution in [3.63, 3.8) is 0 Å². The third-order valence-corrected chi connectivity index (χ3v) is 4.10. The fourth-order valence-electron chi connectivity index (χ4n) is 2.70. The Bertz CT molecular complexity index is 454. The second-order valence-corrected chi connectivity index (χ2v) is 5.99. The molecule has 1 fully saturated rings. The van der Waals surface area contributed by atoms with Crippen molar-refractivity contribution < 1.29 is 9.53 Å². The summed E-state index contributed by atoms with van der Waals surface area (Å²) in [6, 6.07) is 7.30. The van der Waals surface area contributed by atoms with E-state index >= 15 is 0 Å². The first-order chi connectivity index (χ1) is 10.1. The molecular weight excluding hydrogens is 264 g/mol. The Hall–Kier alpha value is -1.55. The minimum atomic E-state index is -0.00577. The molecule has 0 heterocycles. The number of benzene rings is 1. The van der Waals surface area contributed by atoms with Gasteiger partial charge in [0.2, 0.25) is 5.91 Å². The van der Waals surface area contributed by atoms with Crippen molar-refractivity contribution in [1.82, 2.24) is 0 Å². The zero-order chi connectivity index (χ0) is 15.1. The lowest BCUT2D eigenvalue weighted by Gasteiger charge is -2.26. The molecule has 1 aliphatic rings. The fraction of sp³-hybridized carbons (Fsp3) is 0.588. The van der Waals surface area contributed by atoms with Crippen molar-refractivity contribution >= 4 is 17.3 Å². The van der Waals surface area contributed by atoms with Crippen molar-refractivity contribution in [2.75, 3.05) is 17.7 Å². The van der Waals surface area contributed by atoms with Gasteiger partial charge in [-0.2, -0.15) is 0 Å². The van der Waals surface area contributed by atoms with Crippen LogP contribution >= 0.6 is 0 Å². The van der Waals surface area contributed by atoms with Gasteiger partial charge in [-0.25, -0.2) is 0 Å². The van der Waals surface area contributed by atoms with Crippen molar-refractivity contribution in [3.8, 4) is 0 Å². The molecule has 0 radical (unpaired) electrons. The Kier molecular flexibility index (Phi) is 6.05. The van der Waals surface area contributed by atoms with Gasteiger partial charge >= 0.3 is 0 Å². The average Bonchev–Trinajstić information content (AvgIpc) is 2.48. The number of rotatable bonds is 6. The predicted octanol–water partition coefficient (Wildman–Crippen LogP) is 3.58. The zero-order valence-electron chi connectivity index (χ0n) is 12.8. The van der Waals surface area contributed by atoms with Gasteiger partial charge in [0, 0.05) is 13.0 Å². The van der Waals surface area contributed by atoms with Crippen LogP contribution in [0.4, 0.5) is 11.4 Å². The van der Waals surface area contributed by atoms with Gasteiger partial charge in [0.05, 0.1) is 17.5 Å². The smallest absolute Gasteiger partial charge is 0.224 e. The highest BCUT2D eigenvalue weighted by atomic mass is 16.5. The van der Waals surface area contributed by atoms with Gasteiger partial charge < -0.3 is 15.8 Å². The summed E-state index contributed by atoms with van der Waals surface area (Å²) in [7, 11) is 0. The molecule has 0 aromatic heterocycles. The van der Waals surface area contributed by atoms with E-state index in [0.29, 0.717) is 30.5 Å². The summed E-state index contributed by atoms with van der Waals surface area (Å²) in [5, 5.41) is 2.83. The van der Waals surface area contributed by atoms with E-state index in [9.17, 15) is 4.79 Å². The number of nitrogen functional groups attached to an aromatic ring is 1. The number of ether oxygens (including phenoxy) is 1. The SMILES string of the molecule is CC1CCC(OCCCC(=O)Nc2ccccc2N)CC1. The van der Waals surface area contributed by atoms with Crippen molar-refractivity contribution in [1.29, 1.82) is 0 Å². The topological polar surface area (TPSA) is 64.3 Å². The second-order valence-electron chi connectivity index (χ2n) is 5.99. The first-order valence-electron chi connectivity index (χ1n) is 7.91. The van der Waals surface area contributed by atoms with Gasteiger partial charge in [0.1, 0.15) is 0 Å². The molecule has 1 aromatic rings. The van der Waals surface area contributed by atoms with Crippen molar-refractivity contribution in [2.24, 2.45) is 5.92 Å². The van der Waals surface area contributed by atoms with Crippen LogP contribution in [0.5, 0.6) is 0 Å². The fourth-order valence-corrected chi connectivity index (χ4v) is 2.70. The maximum absolute atomic E-state index is 11.8. The monoisotopic (exact) mass is 290 g/mol. The molecule has 0 spiro atoms. The Labute approximate surface area is 127 Å². The van der Waals surface area contributed by atoms with E-state index in [2.05, 4.69) is 12.2 Å². The van der Waals surface area contributed by atoms with Crippen LogP contribution in [0.2, 0.25) is 0 Å². The maximum atomic E-state index is 11.8. The van der Waals surface area contributed by atoms with Crippen molar-refractivity contribution in [3.05, 3.63) is 24.3 Å². The number of hydrogen-bond acceptors (Lipinski definition) is 3. The first-order valence-corrected chi connectivity index (χ1v) is 7.91. The van der Waals surface area contributed by atoms with Gasteiger partial charge in [0.15, 0.2) is 0 Å². The number of nitrogens with two attached hydrogens (primary N) is 1. The molecule has 4 nitrogen and oxygen atoms in total. The van der Waals surface area contributed by atoms with Gasteiger partial charge in [-0.1, -0.05) is 19.1 Å². The van der Waals surface area contributed by atoms with Gasteiger partial charge in [-0.05, 0) is 50.2 Å². The third kappa shape index (κ3) is 5.38. The number of para-hydroxylation sites is 2. The standard InChI is InChI=1S/C17H26N2O2/c1-13-8-10-14(11-9-13)21-12-4-7-17(20)19-16-6-3-2-5-15(16)18/h2-3,5-6,13-14H,4,7-12,18H2,1H3,(H,19,20). The Morgan fingerprint density at radius 1 is 1.29 bits per heavy atom. The number of amides is 1. The minimum Gasteiger partial charge on any atom is -0.397 e. The quantitative estimate of drug-likeness (QED) is 0.621. The van der Waals surface area contributed by atoms with Crippen molar-refractivity contribution in [2.45, 2.75) is 51.6 Å². The summed E-state index contributed by atoms with van der Waals surface area (Å²) in [4.78, 5) is 11.8. The number of anilines is 2. The summed E-state index contributed by atoms with van der Waals surface area (Å²) in [6.07, 6.45) is 6.47. The molecule has 3 N–H and O–H groups in total. The summed E-state index contributed by atoms with van der Waals surface area (Å²) in [6.45, 7) is 2.96. The van der Waals surface area contributed by atoms with Crippen LogP contribution in [-0.2, 0) is 9.53 Å². The minimum absolute atomic E-state index is 0.00577. The molecular formula is C17H26N2O2. The van der Waals surface area contributed by atoms with Gasteiger partial charge in [0.25, 0.3) is 0 Å². The highest BCUT2D eigenvalue weighted by Gasteiger charge is 2.18. The third-order valence-electron chi connectivity index (χ3n) is 4.10. The molecule has 1 saturated carbocycles. The summed E-state index contributed by atoms with van der Waals surface area (Å²) in [5.41, 5.74) is 7.07. The van der Waals surface area contributed by atoms with E-state index in [-0.39, 0.29) is 5.91 Å². The normalized spacial score (nSPS) is 22.0. The second kappa shape index (κ2) is 8.03. The van der Waals surface area contributed by atoms with Gasteiger partial charge in [-0.15, -0.1) is 0 Å². The molecule has 0 saturated heterocycles. The predicted molar refractivity (Wildman–Crippen MR) is 86.1 cm³/mol. The average molecular weight is 290 g/mol. The zero-order valence-corrected chi connectivity index (χ0v) is 12.8. The molecule has 0 unspecified atom stereocenters. The molecule has 116 valence electrons. The highest BCUT2D eigenvalue weighted by Crippen LogP contribution is 2.25. The van der Waals surface area contributed by atoms with E-state index in [1.807, 2.05) is 18.2 Å². The molecule has 1 aliphatic carbocycles. The van der Waals surface area contributed by atoms with Gasteiger partial charge in [-0.3, -0.25) is 4.79 Å². The number of carbonyl (C=O) groups excluding carboxylic acids is 1. The first kappa shape index (κ1) is 15.8. The van der Waals surface area contributed by atoms with Crippen LogP contribution in [0.3, 0.4) is 0 Å². The van der Waals surface area contributed by atoms with E-state index in [0.717, 1.165) is 25.2 Å². The Balaban J connectivity index is 1.60. The summed E-state index contributed by atoms with van der Waals surface area (Å²) >= 11 is 0. The van der Waals surface area contributed by atoms with Crippen LogP contribution in [0.15, 0.2) is 24.3 Å². The van der Waals surface area contributed by atoms with E-state index in [4.69, 9.17) is 10.5 Å². The largest absolute Gasteiger partial charge is 0.397 e. The number of carbonyl (C=O) groups is 1. The Morgan fingerprint density at radius 3 is 2.71 bits per heavy atom. The number of hydrogen-bond donors (Lipinski definition) is 2. The molecule has 2 rings (SSSR count). The summed E-state index contributed by atoms with van der Waals surface area (Å²) < 4.78 is 5.85. The van der Waals surface area contributed by atoms with E-state index in [1.54, 1.807) is 6.07 Å². The molecule has 0 aliphatic heterocycles. The lowest BCUT2D eigenvalue weighted by Crippen LogP contribution is -2.21.